The van der Waals surface area contributed by atoms with E-state index in [2.05, 4.69) is 182 Å². The van der Waals surface area contributed by atoms with E-state index in [0.29, 0.717) is 0 Å². The van der Waals surface area contributed by atoms with E-state index in [1.165, 1.54) is 66.1 Å². The molecule has 0 atom stereocenters. The van der Waals surface area contributed by atoms with Crippen LogP contribution in [0.25, 0.3) is 76.9 Å². The van der Waals surface area contributed by atoms with Crippen molar-refractivity contribution >= 4 is 43.4 Å². The Balaban J connectivity index is 1.09. The maximum Gasteiger partial charge on any atom is 0.0972 e. The second-order valence-electron chi connectivity index (χ2n) is 14.1. The van der Waals surface area contributed by atoms with Gasteiger partial charge in [-0.25, -0.2) is 4.98 Å². The van der Waals surface area contributed by atoms with E-state index in [1.807, 2.05) is 12.3 Å². The zero-order chi connectivity index (χ0) is 34.9. The van der Waals surface area contributed by atoms with Crippen LogP contribution in [0.2, 0.25) is 0 Å². The number of rotatable bonds is 4. The quantitative estimate of drug-likeness (QED) is 0.174. The fraction of sp³-hybridized carbons (Fsp3) is 0.0196. The lowest BCUT2D eigenvalue weighted by molar-refractivity contribution is 0.769. The molecule has 0 spiro atoms. The fourth-order valence-corrected chi connectivity index (χ4v) is 9.09. The van der Waals surface area contributed by atoms with Crippen molar-refractivity contribution in [1.29, 1.82) is 0 Å². The summed E-state index contributed by atoms with van der Waals surface area (Å²) in [6, 6.07) is 68.6. The third kappa shape index (κ3) is 4.33. The van der Waals surface area contributed by atoms with Crippen molar-refractivity contribution in [2.75, 3.05) is 0 Å². The van der Waals surface area contributed by atoms with Crippen molar-refractivity contribution in [3.63, 3.8) is 0 Å². The van der Waals surface area contributed by atoms with Gasteiger partial charge in [-0.3, -0.25) is 4.98 Å². The monoisotopic (exact) mass is 672 g/mol. The molecule has 2 heteroatoms. The number of fused-ring (bicyclic) bond motifs is 9. The summed E-state index contributed by atoms with van der Waals surface area (Å²) >= 11 is 0. The van der Waals surface area contributed by atoms with Gasteiger partial charge in [0.2, 0.25) is 0 Å². The van der Waals surface area contributed by atoms with Crippen molar-refractivity contribution in [2.24, 2.45) is 0 Å². The predicted molar refractivity (Wildman–Crippen MR) is 220 cm³/mol. The van der Waals surface area contributed by atoms with Gasteiger partial charge in [0.15, 0.2) is 0 Å². The maximum atomic E-state index is 5.21. The number of pyridine rings is 2. The zero-order valence-corrected chi connectivity index (χ0v) is 28.9. The molecule has 11 rings (SSSR count). The summed E-state index contributed by atoms with van der Waals surface area (Å²) in [4.78, 5) is 9.91. The minimum Gasteiger partial charge on any atom is -0.254 e. The van der Waals surface area contributed by atoms with Crippen molar-refractivity contribution in [1.82, 2.24) is 9.97 Å². The van der Waals surface area contributed by atoms with Crippen molar-refractivity contribution in [2.45, 2.75) is 5.41 Å². The van der Waals surface area contributed by atoms with Crippen LogP contribution in [0.15, 0.2) is 194 Å². The average molecular weight is 673 g/mol. The molecule has 2 heterocycles. The first-order valence-electron chi connectivity index (χ1n) is 18.2. The van der Waals surface area contributed by atoms with Gasteiger partial charge in [0.05, 0.1) is 22.1 Å². The molecule has 0 bridgehead atoms. The van der Waals surface area contributed by atoms with Crippen molar-refractivity contribution in [3.05, 3.63) is 217 Å². The van der Waals surface area contributed by atoms with E-state index in [1.54, 1.807) is 0 Å². The smallest absolute Gasteiger partial charge is 0.0972 e. The molecule has 0 radical (unpaired) electrons. The van der Waals surface area contributed by atoms with Crippen LogP contribution in [0.3, 0.4) is 0 Å². The van der Waals surface area contributed by atoms with E-state index in [4.69, 9.17) is 9.97 Å². The Kier molecular flexibility index (Phi) is 6.50. The SMILES string of the molecule is c1ccc(C2(c3ccccc3)c3ccccc3-c3c2ccc2cc(-c4ccc(-c5ccc6ccc7cccnc7c6n5)c5ccccc45)ccc32)cc1. The fourth-order valence-electron chi connectivity index (χ4n) is 9.09. The van der Waals surface area contributed by atoms with Gasteiger partial charge < -0.3 is 0 Å². The molecule has 2 aromatic heterocycles. The molecule has 1 aliphatic carbocycles. The molecule has 10 aromatic rings. The highest BCUT2D eigenvalue weighted by atomic mass is 14.8. The van der Waals surface area contributed by atoms with Crippen LogP contribution in [0, 0.1) is 0 Å². The van der Waals surface area contributed by atoms with Crippen molar-refractivity contribution < 1.29 is 0 Å². The number of hydrogen-bond donors (Lipinski definition) is 0. The van der Waals surface area contributed by atoms with E-state index in [-0.39, 0.29) is 0 Å². The highest BCUT2D eigenvalue weighted by Gasteiger charge is 2.46. The summed E-state index contributed by atoms with van der Waals surface area (Å²) < 4.78 is 0. The molecule has 0 saturated heterocycles. The molecule has 0 N–H and O–H groups in total. The molecular formula is C51H32N2. The van der Waals surface area contributed by atoms with E-state index >= 15 is 0 Å². The summed E-state index contributed by atoms with van der Waals surface area (Å²) in [5, 5.41) is 7.09. The summed E-state index contributed by atoms with van der Waals surface area (Å²) in [5.74, 6) is 0. The number of aromatic nitrogens is 2. The summed E-state index contributed by atoms with van der Waals surface area (Å²) in [6.45, 7) is 0. The highest BCUT2D eigenvalue weighted by molar-refractivity contribution is 6.09. The molecule has 0 aliphatic heterocycles. The molecule has 0 amide bonds. The van der Waals surface area contributed by atoms with Gasteiger partial charge in [-0.05, 0) is 84.3 Å². The van der Waals surface area contributed by atoms with E-state index < -0.39 is 5.41 Å². The Bertz CT molecular complexity index is 3020. The standard InChI is InChI=1S/C51H32N2/c1-3-13-37(14-4-1)51(38-15-5-2-6-16-38)45-20-10-9-19-44(45)48-40-26-23-35(32-36(40)24-29-46(48)51)39-27-28-43(42-18-8-7-17-41(39)42)47-30-25-34-22-21-33-12-11-31-52-49(33)50(34)53-47/h1-32H. The van der Waals surface area contributed by atoms with Gasteiger partial charge in [-0.1, -0.05) is 170 Å². The van der Waals surface area contributed by atoms with Gasteiger partial charge >= 0.3 is 0 Å². The Morgan fingerprint density at radius 1 is 0.377 bits per heavy atom. The van der Waals surface area contributed by atoms with Gasteiger partial charge in [-0.15, -0.1) is 0 Å². The number of hydrogen-bond acceptors (Lipinski definition) is 2. The molecule has 2 nitrogen and oxygen atoms in total. The summed E-state index contributed by atoms with van der Waals surface area (Å²) in [5.41, 5.74) is 13.8. The number of benzene rings is 8. The van der Waals surface area contributed by atoms with E-state index in [0.717, 1.165) is 33.1 Å². The molecule has 8 aromatic carbocycles. The largest absolute Gasteiger partial charge is 0.254 e. The summed E-state index contributed by atoms with van der Waals surface area (Å²) in [6.07, 6.45) is 1.85. The zero-order valence-electron chi connectivity index (χ0n) is 28.9. The summed E-state index contributed by atoms with van der Waals surface area (Å²) in [7, 11) is 0. The van der Waals surface area contributed by atoms with Crippen LogP contribution < -0.4 is 0 Å². The van der Waals surface area contributed by atoms with Crippen LogP contribution in [-0.4, -0.2) is 9.97 Å². The van der Waals surface area contributed by atoms with Gasteiger partial charge in [0, 0.05) is 22.5 Å². The Morgan fingerprint density at radius 2 is 1.02 bits per heavy atom. The van der Waals surface area contributed by atoms with Crippen LogP contribution in [-0.2, 0) is 5.41 Å². The minimum atomic E-state index is -0.410. The van der Waals surface area contributed by atoms with Crippen LogP contribution in [0.5, 0.6) is 0 Å². The molecule has 1 aliphatic rings. The lowest BCUT2D eigenvalue weighted by Gasteiger charge is -2.33. The van der Waals surface area contributed by atoms with Gasteiger partial charge in [0.25, 0.3) is 0 Å². The Labute approximate surface area is 307 Å². The third-order valence-corrected chi connectivity index (χ3v) is 11.4. The highest BCUT2D eigenvalue weighted by Crippen LogP contribution is 2.57. The molecule has 246 valence electrons. The van der Waals surface area contributed by atoms with E-state index in [9.17, 15) is 0 Å². The molecule has 0 fully saturated rings. The lowest BCUT2D eigenvalue weighted by atomic mass is 9.67. The third-order valence-electron chi connectivity index (χ3n) is 11.4. The van der Waals surface area contributed by atoms with Crippen LogP contribution in [0.4, 0.5) is 0 Å². The Morgan fingerprint density at radius 3 is 1.81 bits per heavy atom. The van der Waals surface area contributed by atoms with Gasteiger partial charge in [-0.2, -0.15) is 0 Å². The number of nitrogens with zero attached hydrogens (tertiary/aromatic N) is 2. The normalized spacial score (nSPS) is 13.1. The Hall–Kier alpha value is -6.90. The first kappa shape index (κ1) is 29.8. The molecular weight excluding hydrogens is 641 g/mol. The first-order valence-corrected chi connectivity index (χ1v) is 18.2. The first-order chi connectivity index (χ1) is 26.3. The average Bonchev–Trinajstić information content (AvgIpc) is 3.55. The maximum absolute atomic E-state index is 5.21. The topological polar surface area (TPSA) is 25.8 Å². The molecule has 0 unspecified atom stereocenters. The van der Waals surface area contributed by atoms with Crippen LogP contribution >= 0.6 is 0 Å². The predicted octanol–water partition coefficient (Wildman–Crippen LogP) is 12.8. The molecule has 53 heavy (non-hydrogen) atoms. The molecule has 0 saturated carbocycles. The second-order valence-corrected chi connectivity index (χ2v) is 14.1. The lowest BCUT2D eigenvalue weighted by Crippen LogP contribution is -2.28. The minimum absolute atomic E-state index is 0.410. The second kappa shape index (κ2) is 11.6. The van der Waals surface area contributed by atoms with Gasteiger partial charge in [0.1, 0.15) is 0 Å². The van der Waals surface area contributed by atoms with Crippen molar-refractivity contribution in [3.8, 4) is 33.5 Å². The van der Waals surface area contributed by atoms with Crippen LogP contribution in [0.1, 0.15) is 22.3 Å².